The Balaban J connectivity index is 1.73. The lowest BCUT2D eigenvalue weighted by Gasteiger charge is -2.09. The molecule has 1 aromatic heterocycles. The van der Waals surface area contributed by atoms with Crippen molar-refractivity contribution in [3.8, 4) is 0 Å². The second-order valence-corrected chi connectivity index (χ2v) is 6.28. The molecule has 2 aromatic carbocycles. The lowest BCUT2D eigenvalue weighted by molar-refractivity contribution is 0.102. The Morgan fingerprint density at radius 2 is 1.70 bits per heavy atom. The number of hydrogen-bond donors (Lipinski definition) is 2. The predicted molar refractivity (Wildman–Crippen MR) is 107 cm³/mol. The highest BCUT2D eigenvalue weighted by Crippen LogP contribution is 2.21. The second-order valence-electron chi connectivity index (χ2n) is 5.87. The number of hydrogen-bond acceptors (Lipinski definition) is 3. The van der Waals surface area contributed by atoms with Gasteiger partial charge in [-0.05, 0) is 48.4 Å². The van der Waals surface area contributed by atoms with Gasteiger partial charge in [0.25, 0.3) is 11.8 Å². The Labute approximate surface area is 162 Å². The summed E-state index contributed by atoms with van der Waals surface area (Å²) in [5, 5.41) is 5.94. The number of nitrogens with zero attached hydrogens (tertiary/aromatic N) is 1. The molecule has 27 heavy (non-hydrogen) atoms. The Kier molecular flexibility index (Phi) is 5.84. The van der Waals surface area contributed by atoms with E-state index in [4.69, 9.17) is 11.6 Å². The summed E-state index contributed by atoms with van der Waals surface area (Å²) in [6.45, 7) is 2.07. The summed E-state index contributed by atoms with van der Waals surface area (Å²) in [5.74, 6) is -0.751. The maximum atomic E-state index is 12.4. The molecule has 3 aromatic rings. The SMILES string of the molecule is CCc1ccc(NC(=O)c2cc(C(=O)Nc3ccccc3Cl)ccn2)cc1. The van der Waals surface area contributed by atoms with E-state index in [2.05, 4.69) is 22.5 Å². The van der Waals surface area contributed by atoms with Crippen LogP contribution in [0.5, 0.6) is 0 Å². The standard InChI is InChI=1S/C21H18ClN3O2/c1-2-14-7-9-16(10-8-14)24-21(27)19-13-15(11-12-23-19)20(26)25-18-6-4-3-5-17(18)22/h3-13H,2H2,1H3,(H,24,27)(H,25,26). The van der Waals surface area contributed by atoms with Gasteiger partial charge < -0.3 is 10.6 Å². The number of aryl methyl sites for hydroxylation is 1. The molecule has 0 spiro atoms. The largest absolute Gasteiger partial charge is 0.321 e. The minimum atomic E-state index is -0.383. The van der Waals surface area contributed by atoms with Crippen LogP contribution in [-0.2, 0) is 6.42 Å². The van der Waals surface area contributed by atoms with Crippen LogP contribution >= 0.6 is 11.6 Å². The van der Waals surface area contributed by atoms with Crippen LogP contribution in [0, 0.1) is 0 Å². The molecule has 2 N–H and O–H groups in total. The van der Waals surface area contributed by atoms with Crippen LogP contribution in [0.25, 0.3) is 0 Å². The monoisotopic (exact) mass is 379 g/mol. The zero-order chi connectivity index (χ0) is 19.2. The summed E-state index contributed by atoms with van der Waals surface area (Å²) in [6, 6.07) is 17.5. The maximum absolute atomic E-state index is 12.4. The van der Waals surface area contributed by atoms with Crippen molar-refractivity contribution in [2.24, 2.45) is 0 Å². The maximum Gasteiger partial charge on any atom is 0.274 e. The zero-order valence-electron chi connectivity index (χ0n) is 14.7. The van der Waals surface area contributed by atoms with E-state index < -0.39 is 0 Å². The molecular formula is C21H18ClN3O2. The van der Waals surface area contributed by atoms with Gasteiger partial charge in [0.1, 0.15) is 5.69 Å². The van der Waals surface area contributed by atoms with Crippen molar-refractivity contribution >= 4 is 34.8 Å². The van der Waals surface area contributed by atoms with Gasteiger partial charge in [-0.25, -0.2) is 0 Å². The number of halogens is 1. The summed E-state index contributed by atoms with van der Waals surface area (Å²) in [5.41, 5.74) is 2.83. The molecule has 0 aliphatic carbocycles. The molecule has 0 aliphatic heterocycles. The Morgan fingerprint density at radius 1 is 0.963 bits per heavy atom. The van der Waals surface area contributed by atoms with Crippen molar-refractivity contribution < 1.29 is 9.59 Å². The summed E-state index contributed by atoms with van der Waals surface area (Å²) in [7, 11) is 0. The van der Waals surface area contributed by atoms with E-state index in [1.54, 1.807) is 30.3 Å². The number of nitrogens with one attached hydrogen (secondary N) is 2. The van der Waals surface area contributed by atoms with Gasteiger partial charge >= 0.3 is 0 Å². The molecule has 3 rings (SSSR count). The predicted octanol–water partition coefficient (Wildman–Crippen LogP) is 4.80. The first-order valence-corrected chi connectivity index (χ1v) is 8.87. The molecule has 0 bridgehead atoms. The Morgan fingerprint density at radius 3 is 2.41 bits per heavy atom. The van der Waals surface area contributed by atoms with Gasteiger partial charge in [0.2, 0.25) is 0 Å². The summed E-state index contributed by atoms with van der Waals surface area (Å²) in [4.78, 5) is 28.9. The van der Waals surface area contributed by atoms with E-state index in [1.807, 2.05) is 24.3 Å². The van der Waals surface area contributed by atoms with Crippen LogP contribution in [0.3, 0.4) is 0 Å². The minimum Gasteiger partial charge on any atom is -0.321 e. The smallest absolute Gasteiger partial charge is 0.274 e. The quantitative estimate of drug-likeness (QED) is 0.668. The molecule has 6 heteroatoms. The highest BCUT2D eigenvalue weighted by molar-refractivity contribution is 6.33. The highest BCUT2D eigenvalue weighted by Gasteiger charge is 2.13. The molecule has 0 atom stereocenters. The molecule has 2 amide bonds. The van der Waals surface area contributed by atoms with Crippen LogP contribution in [0.2, 0.25) is 5.02 Å². The third-order valence-corrected chi connectivity index (χ3v) is 4.33. The Bertz CT molecular complexity index is 971. The molecule has 1 heterocycles. The molecule has 136 valence electrons. The molecule has 0 unspecified atom stereocenters. The van der Waals surface area contributed by atoms with E-state index in [0.717, 1.165) is 6.42 Å². The van der Waals surface area contributed by atoms with E-state index in [-0.39, 0.29) is 17.5 Å². The molecule has 0 radical (unpaired) electrons. The number of rotatable bonds is 5. The molecule has 5 nitrogen and oxygen atoms in total. The van der Waals surface area contributed by atoms with Crippen LogP contribution in [0.4, 0.5) is 11.4 Å². The lowest BCUT2D eigenvalue weighted by atomic mass is 10.1. The fourth-order valence-electron chi connectivity index (χ4n) is 2.47. The number of anilines is 2. The highest BCUT2D eigenvalue weighted by atomic mass is 35.5. The van der Waals surface area contributed by atoms with Gasteiger partial charge in [0, 0.05) is 17.4 Å². The van der Waals surface area contributed by atoms with Crippen molar-refractivity contribution in [3.05, 3.63) is 88.7 Å². The van der Waals surface area contributed by atoms with E-state index in [1.165, 1.54) is 17.8 Å². The second kappa shape index (κ2) is 8.47. The number of pyridine rings is 1. The molecular weight excluding hydrogens is 362 g/mol. The Hall–Kier alpha value is -3.18. The summed E-state index contributed by atoms with van der Waals surface area (Å²) in [6.07, 6.45) is 2.36. The number of carbonyl (C=O) groups excluding carboxylic acids is 2. The van der Waals surface area contributed by atoms with Gasteiger partial charge in [-0.2, -0.15) is 0 Å². The first kappa shape index (κ1) is 18.6. The normalized spacial score (nSPS) is 10.3. The van der Waals surface area contributed by atoms with Crippen molar-refractivity contribution in [1.82, 2.24) is 4.98 Å². The molecule has 0 saturated heterocycles. The third kappa shape index (κ3) is 4.71. The van der Waals surface area contributed by atoms with E-state index in [0.29, 0.717) is 22.0 Å². The van der Waals surface area contributed by atoms with Crippen LogP contribution < -0.4 is 10.6 Å². The van der Waals surface area contributed by atoms with Crippen LogP contribution in [0.15, 0.2) is 66.9 Å². The summed E-state index contributed by atoms with van der Waals surface area (Å²) < 4.78 is 0. The number of amides is 2. The van der Waals surface area contributed by atoms with Gasteiger partial charge in [-0.1, -0.05) is 42.8 Å². The van der Waals surface area contributed by atoms with E-state index >= 15 is 0 Å². The van der Waals surface area contributed by atoms with Gasteiger partial charge in [-0.15, -0.1) is 0 Å². The van der Waals surface area contributed by atoms with Crippen LogP contribution in [-0.4, -0.2) is 16.8 Å². The first-order chi connectivity index (χ1) is 13.1. The fraction of sp³-hybridized carbons (Fsp3) is 0.0952. The van der Waals surface area contributed by atoms with Crippen LogP contribution in [0.1, 0.15) is 33.3 Å². The number of para-hydroxylation sites is 1. The van der Waals surface area contributed by atoms with Crippen molar-refractivity contribution in [2.45, 2.75) is 13.3 Å². The van der Waals surface area contributed by atoms with Gasteiger partial charge in [0.15, 0.2) is 0 Å². The van der Waals surface area contributed by atoms with Gasteiger partial charge in [-0.3, -0.25) is 14.6 Å². The lowest BCUT2D eigenvalue weighted by Crippen LogP contribution is -2.17. The van der Waals surface area contributed by atoms with E-state index in [9.17, 15) is 9.59 Å². The number of carbonyl (C=O) groups is 2. The fourth-order valence-corrected chi connectivity index (χ4v) is 2.65. The zero-order valence-corrected chi connectivity index (χ0v) is 15.5. The van der Waals surface area contributed by atoms with Crippen molar-refractivity contribution in [2.75, 3.05) is 10.6 Å². The molecule has 0 saturated carbocycles. The third-order valence-electron chi connectivity index (χ3n) is 4.00. The average Bonchev–Trinajstić information content (AvgIpc) is 2.70. The summed E-state index contributed by atoms with van der Waals surface area (Å²) >= 11 is 6.06. The number of benzene rings is 2. The molecule has 0 fully saturated rings. The van der Waals surface area contributed by atoms with Crippen molar-refractivity contribution in [1.29, 1.82) is 0 Å². The molecule has 0 aliphatic rings. The number of aromatic nitrogens is 1. The topological polar surface area (TPSA) is 71.1 Å². The minimum absolute atomic E-state index is 0.154. The first-order valence-electron chi connectivity index (χ1n) is 8.49. The van der Waals surface area contributed by atoms with Gasteiger partial charge in [0.05, 0.1) is 10.7 Å². The average molecular weight is 380 g/mol. The van der Waals surface area contributed by atoms with Crippen molar-refractivity contribution in [3.63, 3.8) is 0 Å².